The lowest BCUT2D eigenvalue weighted by molar-refractivity contribution is -0.338. The van der Waals surface area contributed by atoms with E-state index >= 15 is 0 Å². The van der Waals surface area contributed by atoms with E-state index in [1.165, 1.54) is 18.2 Å². The van der Waals surface area contributed by atoms with Crippen LogP contribution in [0.25, 0.3) is 6.08 Å². The molecule has 3 heterocycles. The molecule has 3 aliphatic rings. The number of esters is 1. The average molecular weight is 561 g/mol. The molecule has 3 aliphatic heterocycles. The van der Waals surface area contributed by atoms with Gasteiger partial charge >= 0.3 is 5.97 Å². The number of hydrogen-bond donors (Lipinski definition) is 8. The molecule has 4 rings (SSSR count). The number of benzene rings is 1. The Hall–Kier alpha value is -2.25. The van der Waals surface area contributed by atoms with Gasteiger partial charge in [0, 0.05) is 6.08 Å². The highest BCUT2D eigenvalue weighted by atomic mass is 16.7. The molecule has 0 aromatic heterocycles. The van der Waals surface area contributed by atoms with Gasteiger partial charge in [-0.25, -0.2) is 4.79 Å². The molecule has 0 aliphatic carbocycles. The summed E-state index contributed by atoms with van der Waals surface area (Å²) < 4.78 is 31.7. The van der Waals surface area contributed by atoms with Gasteiger partial charge < -0.3 is 69.3 Å². The van der Waals surface area contributed by atoms with Gasteiger partial charge in [0.25, 0.3) is 0 Å². The molecule has 218 valence electrons. The van der Waals surface area contributed by atoms with Crippen molar-refractivity contribution in [2.75, 3.05) is 19.8 Å². The van der Waals surface area contributed by atoms with Gasteiger partial charge in [-0.2, -0.15) is 0 Å². The van der Waals surface area contributed by atoms with Crippen molar-refractivity contribution in [2.45, 2.75) is 73.8 Å². The lowest BCUT2D eigenvalue weighted by Crippen LogP contribution is -2.60. The minimum absolute atomic E-state index is 0.0689. The van der Waals surface area contributed by atoms with E-state index < -0.39 is 86.4 Å². The highest BCUT2D eigenvalue weighted by Gasteiger charge is 2.50. The third-order valence-electron chi connectivity index (χ3n) is 6.49. The van der Waals surface area contributed by atoms with Crippen LogP contribution < -0.4 is 0 Å². The first-order chi connectivity index (χ1) is 18.5. The Labute approximate surface area is 221 Å². The van der Waals surface area contributed by atoms with E-state index in [4.69, 9.17) is 28.4 Å². The van der Waals surface area contributed by atoms with Gasteiger partial charge in [0.05, 0.1) is 13.2 Å². The zero-order valence-electron chi connectivity index (χ0n) is 20.4. The van der Waals surface area contributed by atoms with Crippen molar-refractivity contribution in [1.29, 1.82) is 0 Å². The third kappa shape index (κ3) is 7.10. The molecule has 15 heteroatoms. The fraction of sp³-hybridized carbons (Fsp3) is 0.625. The van der Waals surface area contributed by atoms with E-state index in [2.05, 4.69) is 0 Å². The quantitative estimate of drug-likeness (QED) is 0.113. The van der Waals surface area contributed by atoms with E-state index in [9.17, 15) is 45.6 Å². The van der Waals surface area contributed by atoms with Crippen molar-refractivity contribution < 1.29 is 74.1 Å². The van der Waals surface area contributed by atoms with Crippen molar-refractivity contribution in [2.24, 2.45) is 0 Å². The molecule has 0 bridgehead atoms. The number of carbonyl (C=O) groups excluding carboxylic acids is 1. The number of hydrogen-bond acceptors (Lipinski definition) is 15. The topological polar surface area (TPSA) is 234 Å². The Morgan fingerprint density at radius 1 is 0.846 bits per heavy atom. The number of ether oxygens (including phenoxy) is 6. The second kappa shape index (κ2) is 12.9. The fourth-order valence-corrected chi connectivity index (χ4v) is 4.21. The molecule has 12 atom stereocenters. The number of aromatic hydroxyl groups is 1. The second-order valence-electron chi connectivity index (χ2n) is 9.32. The zero-order valence-corrected chi connectivity index (χ0v) is 20.4. The van der Waals surface area contributed by atoms with Gasteiger partial charge in [-0.15, -0.1) is 0 Å². The number of phenols is 1. The normalized spacial score (nSPS) is 41.1. The van der Waals surface area contributed by atoms with Crippen LogP contribution in [0.2, 0.25) is 0 Å². The maximum Gasteiger partial charge on any atom is 0.330 e. The largest absolute Gasteiger partial charge is 0.508 e. The van der Waals surface area contributed by atoms with Gasteiger partial charge in [0.1, 0.15) is 67.3 Å². The van der Waals surface area contributed by atoms with Crippen LogP contribution in [-0.2, 0) is 33.2 Å². The van der Waals surface area contributed by atoms with Gasteiger partial charge in [-0.1, -0.05) is 12.1 Å². The maximum atomic E-state index is 12.0. The zero-order chi connectivity index (χ0) is 28.3. The molecular formula is C24H32O15. The van der Waals surface area contributed by atoms with Crippen LogP contribution in [0, 0.1) is 0 Å². The Morgan fingerprint density at radius 2 is 1.56 bits per heavy atom. The molecule has 3 saturated heterocycles. The molecule has 0 radical (unpaired) electrons. The van der Waals surface area contributed by atoms with Crippen molar-refractivity contribution >= 4 is 12.0 Å². The van der Waals surface area contributed by atoms with Gasteiger partial charge in [0.15, 0.2) is 18.9 Å². The number of carbonyl (C=O) groups is 1. The summed E-state index contributed by atoms with van der Waals surface area (Å²) in [6, 6.07) is 6.04. The first-order valence-electron chi connectivity index (χ1n) is 12.1. The summed E-state index contributed by atoms with van der Waals surface area (Å²) >= 11 is 0. The first kappa shape index (κ1) is 29.7. The first-order valence-corrected chi connectivity index (χ1v) is 12.1. The van der Waals surface area contributed by atoms with Gasteiger partial charge in [-0.3, -0.25) is 0 Å². The van der Waals surface area contributed by atoms with Crippen molar-refractivity contribution in [3.05, 3.63) is 35.9 Å². The average Bonchev–Trinajstić information content (AvgIpc) is 3.18. The van der Waals surface area contributed by atoms with E-state index in [0.717, 1.165) is 6.08 Å². The number of aliphatic hydroxyl groups is 7. The summed E-state index contributed by atoms with van der Waals surface area (Å²) in [4.78, 5) is 12.0. The summed E-state index contributed by atoms with van der Waals surface area (Å²) in [5.74, 6) is -0.695. The minimum Gasteiger partial charge on any atom is -0.508 e. The third-order valence-corrected chi connectivity index (χ3v) is 6.49. The second-order valence-corrected chi connectivity index (χ2v) is 9.32. The van der Waals surface area contributed by atoms with Crippen LogP contribution in [0.5, 0.6) is 5.75 Å². The molecule has 1 aromatic rings. The molecule has 1 aromatic carbocycles. The smallest absolute Gasteiger partial charge is 0.330 e. The van der Waals surface area contributed by atoms with E-state index in [0.29, 0.717) is 5.56 Å². The minimum atomic E-state index is -1.68. The standard InChI is InChI=1S/C24H32O15/c25-11-4-1-10(2-5-11)3-6-15(27)34-8-13-17(29)19(31)24(38-13)39-21-12(26)7-36-23(20(21)32)37-14-9-35-22(33)18(30)16(14)28/h1-6,12-14,16-26,28-33H,7-9H2/b6-3+. The summed E-state index contributed by atoms with van der Waals surface area (Å²) in [5.41, 5.74) is 0.626. The summed E-state index contributed by atoms with van der Waals surface area (Å²) in [6.07, 6.45) is -15.4. The summed E-state index contributed by atoms with van der Waals surface area (Å²) in [6.45, 7) is -1.17. The van der Waals surface area contributed by atoms with E-state index in [1.54, 1.807) is 12.1 Å². The lowest BCUT2D eigenvalue weighted by atomic mass is 10.0. The predicted molar refractivity (Wildman–Crippen MR) is 124 cm³/mol. The number of rotatable bonds is 8. The molecule has 0 saturated carbocycles. The number of phenolic OH excluding ortho intramolecular Hbond substituents is 1. The lowest BCUT2D eigenvalue weighted by Gasteiger charge is -2.42. The van der Waals surface area contributed by atoms with Gasteiger partial charge in [-0.05, 0) is 23.8 Å². The Kier molecular flexibility index (Phi) is 9.87. The van der Waals surface area contributed by atoms with Crippen molar-refractivity contribution in [1.82, 2.24) is 0 Å². The summed E-state index contributed by atoms with van der Waals surface area (Å²) in [7, 11) is 0. The molecule has 0 spiro atoms. The highest BCUT2D eigenvalue weighted by molar-refractivity contribution is 5.87. The Balaban J connectivity index is 1.29. The monoisotopic (exact) mass is 560 g/mol. The fourth-order valence-electron chi connectivity index (χ4n) is 4.21. The van der Waals surface area contributed by atoms with Crippen LogP contribution in [0.3, 0.4) is 0 Å². The van der Waals surface area contributed by atoms with E-state index in [1.807, 2.05) is 0 Å². The van der Waals surface area contributed by atoms with E-state index in [-0.39, 0.29) is 19.0 Å². The molecule has 3 fully saturated rings. The SMILES string of the molecule is O=C(/C=C/c1ccc(O)cc1)OCC1OC(OC2C(O)COC(OC3COC(O)C(O)C3O)C2O)C(O)C1O. The molecule has 8 N–H and O–H groups in total. The molecule has 0 amide bonds. The highest BCUT2D eigenvalue weighted by Crippen LogP contribution is 2.29. The van der Waals surface area contributed by atoms with Crippen LogP contribution in [0.4, 0.5) is 0 Å². The van der Waals surface area contributed by atoms with Crippen LogP contribution >= 0.6 is 0 Å². The van der Waals surface area contributed by atoms with Gasteiger partial charge in [0.2, 0.25) is 0 Å². The summed E-state index contributed by atoms with van der Waals surface area (Å²) in [5, 5.41) is 80.3. The number of aliphatic hydroxyl groups excluding tert-OH is 7. The molecule has 15 nitrogen and oxygen atoms in total. The molecular weight excluding hydrogens is 528 g/mol. The van der Waals surface area contributed by atoms with Crippen LogP contribution in [0.1, 0.15) is 5.56 Å². The van der Waals surface area contributed by atoms with Crippen LogP contribution in [-0.4, -0.2) is 140 Å². The Morgan fingerprint density at radius 3 is 2.28 bits per heavy atom. The van der Waals surface area contributed by atoms with Crippen LogP contribution in [0.15, 0.2) is 30.3 Å². The molecule has 39 heavy (non-hydrogen) atoms. The molecule has 12 unspecified atom stereocenters. The van der Waals surface area contributed by atoms with Crippen molar-refractivity contribution in [3.63, 3.8) is 0 Å². The predicted octanol–water partition coefficient (Wildman–Crippen LogP) is -3.69. The van der Waals surface area contributed by atoms with Crippen molar-refractivity contribution in [3.8, 4) is 5.75 Å². The Bertz CT molecular complexity index is 973. The maximum absolute atomic E-state index is 12.0.